The van der Waals surface area contributed by atoms with Crippen LogP contribution >= 0.6 is 0 Å². The van der Waals surface area contributed by atoms with Crippen LogP contribution < -0.4 is 10.5 Å². The minimum Gasteiger partial charge on any atom is -0.437 e. The second-order valence-electron chi connectivity index (χ2n) is 3.28. The average molecular weight is 217 g/mol. The van der Waals surface area contributed by atoms with E-state index in [2.05, 4.69) is 15.2 Å². The molecule has 0 fully saturated rings. The number of nitrogens with zero attached hydrogens (tertiary/aromatic N) is 2. The van der Waals surface area contributed by atoms with Gasteiger partial charge in [0.25, 0.3) is 0 Å². The summed E-state index contributed by atoms with van der Waals surface area (Å²) in [5.41, 5.74) is 6.62. The molecule has 2 heterocycles. The number of aromatic amines is 1. The molecule has 0 saturated carbocycles. The predicted octanol–water partition coefficient (Wildman–Crippen LogP) is 1.19. The highest BCUT2D eigenvalue weighted by molar-refractivity contribution is 5.93. The highest BCUT2D eigenvalue weighted by Gasteiger charge is 2.04. The third-order valence-electron chi connectivity index (χ3n) is 1.91. The second kappa shape index (κ2) is 4.01. The first kappa shape index (κ1) is 10.2. The van der Waals surface area contributed by atoms with Crippen molar-refractivity contribution in [3.63, 3.8) is 0 Å². The predicted molar refractivity (Wildman–Crippen MR) is 58.7 cm³/mol. The number of rotatable bonds is 3. The van der Waals surface area contributed by atoms with Crippen LogP contribution in [0.4, 0.5) is 0 Å². The SMILES string of the molecule is Cc1cc(Oc2ccnc(C(=N)N)c2)n[nH]1. The minimum atomic E-state index is -0.0938. The number of H-pyrrole nitrogens is 1. The zero-order chi connectivity index (χ0) is 11.5. The molecule has 0 amide bonds. The number of amidine groups is 1. The van der Waals surface area contributed by atoms with Crippen LogP contribution in [0.3, 0.4) is 0 Å². The maximum Gasteiger partial charge on any atom is 0.238 e. The van der Waals surface area contributed by atoms with E-state index in [1.165, 1.54) is 6.20 Å². The number of aromatic nitrogens is 3. The first-order valence-electron chi connectivity index (χ1n) is 4.65. The van der Waals surface area contributed by atoms with Crippen LogP contribution in [0.1, 0.15) is 11.4 Å². The Morgan fingerprint density at radius 3 is 2.94 bits per heavy atom. The fourth-order valence-corrected chi connectivity index (χ4v) is 1.19. The van der Waals surface area contributed by atoms with E-state index in [0.29, 0.717) is 17.3 Å². The summed E-state index contributed by atoms with van der Waals surface area (Å²) in [6, 6.07) is 5.04. The van der Waals surface area contributed by atoms with Crippen molar-refractivity contribution in [2.24, 2.45) is 5.73 Å². The summed E-state index contributed by atoms with van der Waals surface area (Å²) in [5.74, 6) is 0.925. The maximum atomic E-state index is 7.25. The van der Waals surface area contributed by atoms with Crippen molar-refractivity contribution in [3.05, 3.63) is 35.8 Å². The number of hydrogen-bond acceptors (Lipinski definition) is 4. The van der Waals surface area contributed by atoms with Crippen LogP contribution in [0.5, 0.6) is 11.6 Å². The van der Waals surface area contributed by atoms with Gasteiger partial charge < -0.3 is 10.5 Å². The molecule has 0 unspecified atom stereocenters. The molecule has 82 valence electrons. The van der Waals surface area contributed by atoms with Crippen molar-refractivity contribution < 1.29 is 4.74 Å². The molecule has 6 nitrogen and oxygen atoms in total. The molecule has 0 atom stereocenters. The van der Waals surface area contributed by atoms with Gasteiger partial charge in [-0.25, -0.2) is 0 Å². The van der Waals surface area contributed by atoms with E-state index in [1.54, 1.807) is 18.2 Å². The number of aryl methyl sites for hydroxylation is 1. The molecule has 6 heteroatoms. The van der Waals surface area contributed by atoms with Crippen LogP contribution in [0, 0.1) is 12.3 Å². The number of hydrogen-bond donors (Lipinski definition) is 3. The van der Waals surface area contributed by atoms with Gasteiger partial charge in [0.15, 0.2) is 0 Å². The van der Waals surface area contributed by atoms with E-state index in [4.69, 9.17) is 15.9 Å². The molecule has 0 radical (unpaired) electrons. The molecular weight excluding hydrogens is 206 g/mol. The van der Waals surface area contributed by atoms with Crippen molar-refractivity contribution in [2.75, 3.05) is 0 Å². The largest absolute Gasteiger partial charge is 0.437 e. The van der Waals surface area contributed by atoms with Crippen LogP contribution in [0.2, 0.25) is 0 Å². The molecule has 0 aromatic carbocycles. The Hall–Kier alpha value is -2.37. The number of nitrogens with one attached hydrogen (secondary N) is 2. The van der Waals surface area contributed by atoms with E-state index in [0.717, 1.165) is 5.69 Å². The Bertz CT molecular complexity index is 519. The molecule has 0 saturated heterocycles. The smallest absolute Gasteiger partial charge is 0.238 e. The van der Waals surface area contributed by atoms with Crippen LogP contribution in [-0.2, 0) is 0 Å². The van der Waals surface area contributed by atoms with Crippen molar-refractivity contribution in [1.29, 1.82) is 5.41 Å². The van der Waals surface area contributed by atoms with E-state index >= 15 is 0 Å². The molecular formula is C10H11N5O. The van der Waals surface area contributed by atoms with Crippen LogP contribution in [0.25, 0.3) is 0 Å². The lowest BCUT2D eigenvalue weighted by Crippen LogP contribution is -2.12. The van der Waals surface area contributed by atoms with Gasteiger partial charge in [0.1, 0.15) is 17.3 Å². The average Bonchev–Trinajstić information content (AvgIpc) is 2.64. The lowest BCUT2D eigenvalue weighted by atomic mass is 10.3. The summed E-state index contributed by atoms with van der Waals surface area (Å²) in [6.45, 7) is 1.88. The molecule has 2 aromatic rings. The molecule has 0 spiro atoms. The fourth-order valence-electron chi connectivity index (χ4n) is 1.19. The van der Waals surface area contributed by atoms with Crippen LogP contribution in [-0.4, -0.2) is 21.0 Å². The minimum absolute atomic E-state index is 0.0938. The van der Waals surface area contributed by atoms with Gasteiger partial charge in [-0.2, -0.15) is 0 Å². The van der Waals surface area contributed by atoms with Gasteiger partial charge in [0.2, 0.25) is 5.88 Å². The summed E-state index contributed by atoms with van der Waals surface area (Å²) in [6.07, 6.45) is 1.53. The Balaban J connectivity index is 2.21. The first-order valence-corrected chi connectivity index (χ1v) is 4.65. The highest BCUT2D eigenvalue weighted by atomic mass is 16.5. The fraction of sp³-hybridized carbons (Fsp3) is 0.100. The summed E-state index contributed by atoms with van der Waals surface area (Å²) in [4.78, 5) is 3.93. The standard InChI is InChI=1S/C10H11N5O/c1-6-4-9(15-14-6)16-7-2-3-13-8(5-7)10(11)12/h2-5H,1H3,(H3,11,12)(H,14,15). The molecule has 0 bridgehead atoms. The van der Waals surface area contributed by atoms with Crippen LogP contribution in [0.15, 0.2) is 24.4 Å². The number of ether oxygens (including phenoxy) is 1. The van der Waals surface area contributed by atoms with E-state index < -0.39 is 0 Å². The zero-order valence-corrected chi connectivity index (χ0v) is 8.69. The van der Waals surface area contributed by atoms with E-state index in [1.807, 2.05) is 6.92 Å². The highest BCUT2D eigenvalue weighted by Crippen LogP contribution is 2.19. The van der Waals surface area contributed by atoms with E-state index in [9.17, 15) is 0 Å². The van der Waals surface area contributed by atoms with Gasteiger partial charge in [-0.3, -0.25) is 15.5 Å². The molecule has 16 heavy (non-hydrogen) atoms. The third-order valence-corrected chi connectivity index (χ3v) is 1.91. The quantitative estimate of drug-likeness (QED) is 0.531. The maximum absolute atomic E-state index is 7.25. The summed E-state index contributed by atoms with van der Waals surface area (Å²) < 4.78 is 5.46. The number of nitrogen functional groups attached to an aromatic ring is 1. The van der Waals surface area contributed by atoms with E-state index in [-0.39, 0.29) is 5.84 Å². The second-order valence-corrected chi connectivity index (χ2v) is 3.28. The monoisotopic (exact) mass is 217 g/mol. The van der Waals surface area contributed by atoms with Crippen molar-refractivity contribution in [1.82, 2.24) is 15.2 Å². The molecule has 0 aliphatic heterocycles. The Labute approximate surface area is 92.0 Å². The topological polar surface area (TPSA) is 101 Å². The number of pyridine rings is 1. The zero-order valence-electron chi connectivity index (χ0n) is 8.69. The number of nitrogens with two attached hydrogens (primary N) is 1. The lowest BCUT2D eigenvalue weighted by molar-refractivity contribution is 0.461. The molecule has 0 aliphatic carbocycles. The van der Waals surface area contributed by atoms with Gasteiger partial charge in [0.05, 0.1) is 0 Å². The Morgan fingerprint density at radius 1 is 1.50 bits per heavy atom. The lowest BCUT2D eigenvalue weighted by Gasteiger charge is -2.02. The summed E-state index contributed by atoms with van der Waals surface area (Å²) in [7, 11) is 0. The first-order chi connectivity index (χ1) is 7.65. The van der Waals surface area contributed by atoms with Gasteiger partial charge in [-0.15, -0.1) is 5.10 Å². The third kappa shape index (κ3) is 2.17. The normalized spacial score (nSPS) is 10.1. The summed E-state index contributed by atoms with van der Waals surface area (Å²) >= 11 is 0. The molecule has 0 aliphatic rings. The van der Waals surface area contributed by atoms with Crippen molar-refractivity contribution in [3.8, 4) is 11.6 Å². The Kier molecular flexibility index (Phi) is 2.55. The molecule has 2 rings (SSSR count). The Morgan fingerprint density at radius 2 is 2.31 bits per heavy atom. The molecule has 4 N–H and O–H groups in total. The van der Waals surface area contributed by atoms with Gasteiger partial charge in [-0.1, -0.05) is 0 Å². The summed E-state index contributed by atoms with van der Waals surface area (Å²) in [5, 5.41) is 14.0. The van der Waals surface area contributed by atoms with Crippen molar-refractivity contribution in [2.45, 2.75) is 6.92 Å². The van der Waals surface area contributed by atoms with Gasteiger partial charge in [-0.05, 0) is 13.0 Å². The van der Waals surface area contributed by atoms with Crippen molar-refractivity contribution >= 4 is 5.84 Å². The molecule has 2 aromatic heterocycles. The van der Waals surface area contributed by atoms with Gasteiger partial charge >= 0.3 is 0 Å². The van der Waals surface area contributed by atoms with Gasteiger partial charge in [0, 0.05) is 24.0 Å².